The van der Waals surface area contributed by atoms with Crippen LogP contribution < -0.4 is 0 Å². The molecule has 5 nitrogen and oxygen atoms in total. The third-order valence-electron chi connectivity index (χ3n) is 11.4. The molecule has 0 amide bonds. The Balaban J connectivity index is 1.82. The first kappa shape index (κ1) is 26.6. The number of nitrogens with zero attached hydrogens (tertiary/aromatic N) is 1. The second-order valence-electron chi connectivity index (χ2n) is 14.1. The van der Waals surface area contributed by atoms with E-state index in [0.717, 1.165) is 19.3 Å². The Morgan fingerprint density at radius 2 is 1.63 bits per heavy atom. The molecular weight excluding hydrogens is 438 g/mol. The van der Waals surface area contributed by atoms with Crippen LogP contribution in [-0.2, 0) is 9.59 Å². The van der Waals surface area contributed by atoms with Gasteiger partial charge in [0.15, 0.2) is 5.78 Å². The van der Waals surface area contributed by atoms with E-state index in [0.29, 0.717) is 48.2 Å². The van der Waals surface area contributed by atoms with Crippen LogP contribution in [0.25, 0.3) is 0 Å². The van der Waals surface area contributed by atoms with Gasteiger partial charge >= 0.3 is 0 Å². The number of rotatable bonds is 5. The van der Waals surface area contributed by atoms with E-state index in [2.05, 4.69) is 46.7 Å². The number of hydrogen-bond acceptors (Lipinski definition) is 5. The minimum atomic E-state index is -0.673. The average molecular weight is 486 g/mol. The molecule has 196 valence electrons. The van der Waals surface area contributed by atoms with E-state index in [-0.39, 0.29) is 22.7 Å². The van der Waals surface area contributed by atoms with E-state index < -0.39 is 28.3 Å². The van der Waals surface area contributed by atoms with E-state index >= 15 is 0 Å². The molecule has 2 saturated carbocycles. The molecule has 0 spiro atoms. The van der Waals surface area contributed by atoms with Crippen LogP contribution in [0.15, 0.2) is 16.3 Å². The van der Waals surface area contributed by atoms with Gasteiger partial charge in [0.05, 0.1) is 6.10 Å². The number of fused-ring (bicyclic) bond motifs is 4. The van der Waals surface area contributed by atoms with Gasteiger partial charge in [-0.25, -0.2) is 0 Å². The van der Waals surface area contributed by atoms with Crippen molar-refractivity contribution in [3.63, 3.8) is 0 Å². The smallest absolute Gasteiger partial charge is 0.207 e. The van der Waals surface area contributed by atoms with Gasteiger partial charge in [-0.1, -0.05) is 79.8 Å². The molecule has 4 aliphatic rings. The number of aliphatic hydroxyl groups excluding tert-OH is 1. The van der Waals surface area contributed by atoms with E-state index in [1.54, 1.807) is 0 Å². The van der Waals surface area contributed by atoms with Gasteiger partial charge in [0, 0.05) is 39.7 Å². The molecule has 0 aromatic heterocycles. The third-order valence-corrected chi connectivity index (χ3v) is 11.4. The van der Waals surface area contributed by atoms with Gasteiger partial charge in [0.1, 0.15) is 5.71 Å². The molecule has 0 aromatic rings. The highest BCUT2D eigenvalue weighted by molar-refractivity contribution is 6.49. The van der Waals surface area contributed by atoms with Gasteiger partial charge in [-0.15, -0.1) is 0 Å². The van der Waals surface area contributed by atoms with Crippen molar-refractivity contribution in [1.29, 1.82) is 0 Å². The second-order valence-corrected chi connectivity index (χ2v) is 14.1. The van der Waals surface area contributed by atoms with Crippen LogP contribution in [-0.4, -0.2) is 33.7 Å². The van der Waals surface area contributed by atoms with E-state index in [1.807, 2.05) is 13.8 Å². The van der Waals surface area contributed by atoms with Crippen molar-refractivity contribution in [2.45, 2.75) is 113 Å². The molecule has 0 radical (unpaired) electrons. The zero-order valence-electron chi connectivity index (χ0n) is 23.2. The molecule has 0 saturated heterocycles. The van der Waals surface area contributed by atoms with Gasteiger partial charge in [0.2, 0.25) is 5.78 Å². The number of carbonyl (C=O) groups is 2. The number of hydrogen-bond donors (Lipinski definition) is 2. The SMILES string of the molecule is CC(C)CCCC(C)C1CCC2(C)C3=C(C(=O)CC12C)C1(C)CCC(O)C(C)(C)C1/C(=N/O)C3=O. The summed E-state index contributed by atoms with van der Waals surface area (Å²) in [6, 6.07) is 0. The molecule has 7 atom stereocenters. The lowest BCUT2D eigenvalue weighted by Crippen LogP contribution is -2.62. The molecule has 0 aromatic carbocycles. The fraction of sp³-hybridized carbons (Fsp3) is 0.833. The van der Waals surface area contributed by atoms with Gasteiger partial charge in [0.25, 0.3) is 0 Å². The number of aliphatic hydroxyl groups is 1. The summed E-state index contributed by atoms with van der Waals surface area (Å²) in [6.45, 7) is 17.3. The van der Waals surface area contributed by atoms with Crippen molar-refractivity contribution in [3.05, 3.63) is 11.1 Å². The Bertz CT molecular complexity index is 977. The van der Waals surface area contributed by atoms with Crippen LogP contribution in [0.1, 0.15) is 107 Å². The minimum Gasteiger partial charge on any atom is -0.411 e. The number of ketones is 2. The van der Waals surface area contributed by atoms with E-state index in [1.165, 1.54) is 12.8 Å². The molecule has 0 aliphatic heterocycles. The van der Waals surface area contributed by atoms with Crippen molar-refractivity contribution >= 4 is 17.3 Å². The van der Waals surface area contributed by atoms with Crippen LogP contribution in [0, 0.1) is 45.3 Å². The Morgan fingerprint density at radius 1 is 0.971 bits per heavy atom. The standard InChI is InChI=1S/C30H47NO4/c1-17(2)10-9-11-18(3)19-12-15-29(7)23-22(20(32)16-30(19,29)8)28(6)14-13-21(33)27(4,5)26(28)24(31-35)25(23)34/h17-19,21,26,33,35H,9-16H2,1-8H3/b31-24+. The lowest BCUT2D eigenvalue weighted by atomic mass is 9.42. The number of Topliss-reactive ketones (excluding diaryl/α,β-unsaturated/α-hetero) is 2. The summed E-state index contributed by atoms with van der Waals surface area (Å²) in [7, 11) is 0. The number of oxime groups is 1. The third kappa shape index (κ3) is 3.54. The predicted octanol–water partition coefficient (Wildman–Crippen LogP) is 6.36. The monoisotopic (exact) mass is 485 g/mol. The maximum Gasteiger partial charge on any atom is 0.207 e. The normalized spacial score (nSPS) is 42.8. The maximum absolute atomic E-state index is 14.2. The van der Waals surface area contributed by atoms with Crippen molar-refractivity contribution in [1.82, 2.24) is 0 Å². The highest BCUT2D eigenvalue weighted by Crippen LogP contribution is 2.70. The zero-order chi connectivity index (χ0) is 26.1. The quantitative estimate of drug-likeness (QED) is 0.350. The molecule has 0 bridgehead atoms. The number of allylic oxidation sites excluding steroid dienone is 2. The first-order valence-electron chi connectivity index (χ1n) is 13.9. The van der Waals surface area contributed by atoms with Crippen LogP contribution in [0.5, 0.6) is 0 Å². The van der Waals surface area contributed by atoms with Gasteiger partial charge in [-0.3, -0.25) is 9.59 Å². The predicted molar refractivity (Wildman–Crippen MR) is 138 cm³/mol. The van der Waals surface area contributed by atoms with E-state index in [4.69, 9.17) is 0 Å². The second kappa shape index (κ2) is 8.53. The number of carbonyl (C=O) groups excluding carboxylic acids is 2. The summed E-state index contributed by atoms with van der Waals surface area (Å²) < 4.78 is 0. The summed E-state index contributed by atoms with van der Waals surface area (Å²) in [5.41, 5.74) is -0.539. The minimum absolute atomic E-state index is 0.103. The van der Waals surface area contributed by atoms with Gasteiger partial charge < -0.3 is 10.3 Å². The highest BCUT2D eigenvalue weighted by atomic mass is 16.4. The zero-order valence-corrected chi connectivity index (χ0v) is 23.2. The fourth-order valence-corrected chi connectivity index (χ4v) is 9.21. The Hall–Kier alpha value is -1.49. The largest absolute Gasteiger partial charge is 0.411 e. The van der Waals surface area contributed by atoms with Crippen molar-refractivity contribution in [3.8, 4) is 0 Å². The Morgan fingerprint density at radius 3 is 2.23 bits per heavy atom. The lowest BCUT2D eigenvalue weighted by Gasteiger charge is -2.60. The first-order valence-corrected chi connectivity index (χ1v) is 13.9. The summed E-state index contributed by atoms with van der Waals surface area (Å²) in [5.74, 6) is 0.924. The molecule has 0 heterocycles. The average Bonchev–Trinajstić information content (AvgIpc) is 3.02. The summed E-state index contributed by atoms with van der Waals surface area (Å²) >= 11 is 0. The van der Waals surface area contributed by atoms with Crippen LogP contribution in [0.4, 0.5) is 0 Å². The summed E-state index contributed by atoms with van der Waals surface area (Å²) in [6.07, 6.45) is 6.51. The van der Waals surface area contributed by atoms with Gasteiger partial charge in [-0.2, -0.15) is 0 Å². The first-order chi connectivity index (χ1) is 16.2. The molecule has 35 heavy (non-hydrogen) atoms. The van der Waals surface area contributed by atoms with Crippen LogP contribution in [0.3, 0.4) is 0 Å². The maximum atomic E-state index is 14.2. The summed E-state index contributed by atoms with van der Waals surface area (Å²) in [4.78, 5) is 28.3. The van der Waals surface area contributed by atoms with Crippen LogP contribution in [0.2, 0.25) is 0 Å². The molecule has 2 N–H and O–H groups in total. The van der Waals surface area contributed by atoms with E-state index in [9.17, 15) is 19.9 Å². The molecule has 7 unspecified atom stereocenters. The molecule has 5 heteroatoms. The summed E-state index contributed by atoms with van der Waals surface area (Å²) in [5, 5.41) is 24.6. The molecule has 2 fully saturated rings. The van der Waals surface area contributed by atoms with Crippen LogP contribution >= 0.6 is 0 Å². The molecule has 4 rings (SSSR count). The van der Waals surface area contributed by atoms with Crippen molar-refractivity contribution < 1.29 is 19.9 Å². The van der Waals surface area contributed by atoms with Crippen molar-refractivity contribution in [2.75, 3.05) is 0 Å². The highest BCUT2D eigenvalue weighted by Gasteiger charge is 2.69. The Labute approximate surface area is 211 Å². The molecular formula is C30H47NO4. The fourth-order valence-electron chi connectivity index (χ4n) is 9.21. The topological polar surface area (TPSA) is 87.0 Å². The van der Waals surface area contributed by atoms with Gasteiger partial charge in [-0.05, 0) is 48.9 Å². The molecule has 4 aliphatic carbocycles. The Kier molecular flexibility index (Phi) is 6.48. The lowest BCUT2D eigenvalue weighted by molar-refractivity contribution is -0.131. The van der Waals surface area contributed by atoms with Crippen molar-refractivity contribution in [2.24, 2.45) is 50.5 Å².